The number of halogens is 3. The van der Waals surface area contributed by atoms with E-state index >= 15 is 0 Å². The van der Waals surface area contributed by atoms with Crippen LogP contribution < -0.4 is 0 Å². The molecule has 0 N–H and O–H groups in total. The molecular weight excluding hydrogens is 359 g/mol. The minimum absolute atomic E-state index is 0.215. The average Bonchev–Trinajstić information content (AvgIpc) is 2.61. The van der Waals surface area contributed by atoms with Gasteiger partial charge < -0.3 is 0 Å². The Bertz CT molecular complexity index is 615. The molecule has 106 valence electrons. The van der Waals surface area contributed by atoms with E-state index in [1.165, 1.54) is 45.1 Å². The monoisotopic (exact) mass is 372 g/mol. The van der Waals surface area contributed by atoms with E-state index < -0.39 is 0 Å². The van der Waals surface area contributed by atoms with Gasteiger partial charge >= 0.3 is 0 Å². The first kappa shape index (κ1) is 14.6. The number of fused-ring (bicyclic) bond motifs is 1. The number of thiophene rings is 1. The van der Waals surface area contributed by atoms with Gasteiger partial charge in [-0.15, -0.1) is 11.3 Å². The van der Waals surface area contributed by atoms with Crippen LogP contribution in [0.25, 0.3) is 0 Å². The molecule has 1 aliphatic carbocycles. The Hall–Kier alpha value is -0.380. The lowest BCUT2D eigenvalue weighted by Crippen LogP contribution is -1.93. The van der Waals surface area contributed by atoms with Crippen molar-refractivity contribution in [3.63, 3.8) is 0 Å². The van der Waals surface area contributed by atoms with Crippen LogP contribution in [0.4, 0.5) is 4.39 Å². The van der Waals surface area contributed by atoms with Crippen molar-refractivity contribution in [2.75, 3.05) is 0 Å². The second-order valence-electron chi connectivity index (χ2n) is 5.18. The predicted octanol–water partition coefficient (Wildman–Crippen LogP) is 6.16. The first-order valence-electron chi connectivity index (χ1n) is 6.88. The summed E-state index contributed by atoms with van der Waals surface area (Å²) in [6.45, 7) is 0. The van der Waals surface area contributed by atoms with Gasteiger partial charge in [-0.05, 0) is 59.3 Å². The second kappa shape index (κ2) is 6.17. The molecule has 0 saturated heterocycles. The predicted molar refractivity (Wildman–Crippen MR) is 87.5 cm³/mol. The topological polar surface area (TPSA) is 0 Å². The van der Waals surface area contributed by atoms with Gasteiger partial charge in [-0.25, -0.2) is 4.39 Å². The van der Waals surface area contributed by atoms with Gasteiger partial charge in [-0.2, -0.15) is 0 Å². The molecule has 0 aliphatic heterocycles. The number of hydrogen-bond donors (Lipinski definition) is 0. The van der Waals surface area contributed by atoms with E-state index in [2.05, 4.69) is 15.9 Å². The fraction of sp³-hybridized carbons (Fsp3) is 0.375. The van der Waals surface area contributed by atoms with Crippen LogP contribution in [0.5, 0.6) is 0 Å². The van der Waals surface area contributed by atoms with Crippen molar-refractivity contribution in [1.29, 1.82) is 0 Å². The zero-order valence-corrected chi connectivity index (χ0v) is 14.2. The molecule has 0 fully saturated rings. The molecule has 0 unspecified atom stereocenters. The van der Waals surface area contributed by atoms with Gasteiger partial charge in [0.2, 0.25) is 0 Å². The quantitative estimate of drug-likeness (QED) is 0.553. The van der Waals surface area contributed by atoms with E-state index in [1.54, 1.807) is 12.1 Å². The van der Waals surface area contributed by atoms with Crippen LogP contribution in [0, 0.1) is 5.82 Å². The smallest absolute Gasteiger partial charge is 0.128 e. The van der Waals surface area contributed by atoms with Crippen LogP contribution in [0.1, 0.15) is 40.1 Å². The summed E-state index contributed by atoms with van der Waals surface area (Å²) in [5, 5.41) is 0.514. The van der Waals surface area contributed by atoms with Crippen molar-refractivity contribution in [2.24, 2.45) is 0 Å². The number of rotatable bonds is 2. The minimum Gasteiger partial charge on any atom is -0.207 e. The molecule has 0 atom stereocenters. The molecule has 4 heteroatoms. The van der Waals surface area contributed by atoms with E-state index in [1.807, 2.05) is 11.3 Å². The highest BCUT2D eigenvalue weighted by molar-refractivity contribution is 9.10. The molecule has 2 aromatic rings. The summed E-state index contributed by atoms with van der Waals surface area (Å²) >= 11 is 11.7. The molecule has 3 rings (SSSR count). The van der Waals surface area contributed by atoms with Gasteiger partial charge in [-0.3, -0.25) is 0 Å². The van der Waals surface area contributed by atoms with Gasteiger partial charge in [0.05, 0.1) is 0 Å². The summed E-state index contributed by atoms with van der Waals surface area (Å²) in [7, 11) is 0. The van der Waals surface area contributed by atoms with Gasteiger partial charge in [0.15, 0.2) is 0 Å². The Balaban J connectivity index is 1.96. The van der Waals surface area contributed by atoms with E-state index in [0.717, 1.165) is 12.8 Å². The molecule has 1 heterocycles. The number of hydrogen-bond acceptors (Lipinski definition) is 1. The average molecular weight is 374 g/mol. The van der Waals surface area contributed by atoms with E-state index in [-0.39, 0.29) is 5.82 Å². The van der Waals surface area contributed by atoms with Gasteiger partial charge in [0.25, 0.3) is 0 Å². The minimum atomic E-state index is -0.215. The van der Waals surface area contributed by atoms with Crippen LogP contribution in [-0.2, 0) is 19.3 Å². The molecular formula is C16H15BrClFS. The van der Waals surface area contributed by atoms with E-state index in [4.69, 9.17) is 11.6 Å². The Morgan fingerprint density at radius 1 is 1.20 bits per heavy atom. The molecule has 20 heavy (non-hydrogen) atoms. The lowest BCUT2D eigenvalue weighted by molar-refractivity contribution is 0.614. The molecule has 0 amide bonds. The maximum atomic E-state index is 13.9. The van der Waals surface area contributed by atoms with E-state index in [0.29, 0.717) is 17.0 Å². The molecule has 0 radical (unpaired) electrons. The third kappa shape index (κ3) is 2.81. The van der Waals surface area contributed by atoms with Crippen molar-refractivity contribution < 1.29 is 4.39 Å². The maximum Gasteiger partial charge on any atom is 0.128 e. The fourth-order valence-electron chi connectivity index (χ4n) is 2.74. The standard InChI is InChI=1S/C16H15BrClFS/c17-16-10-5-2-1-3-8-14(10)20-15(16)9-11-12(18)6-4-7-13(11)19/h4,6-7H,1-3,5,8-9H2. The molecule has 0 bridgehead atoms. The number of benzene rings is 1. The van der Waals surface area contributed by atoms with Gasteiger partial charge in [0.1, 0.15) is 5.82 Å². The summed E-state index contributed by atoms with van der Waals surface area (Å²) in [5.41, 5.74) is 2.04. The summed E-state index contributed by atoms with van der Waals surface area (Å²) in [6.07, 6.45) is 6.69. The van der Waals surface area contributed by atoms with Crippen LogP contribution in [0.3, 0.4) is 0 Å². The highest BCUT2D eigenvalue weighted by Gasteiger charge is 2.19. The van der Waals surface area contributed by atoms with Crippen molar-refractivity contribution in [3.05, 3.63) is 54.4 Å². The summed E-state index contributed by atoms with van der Waals surface area (Å²) < 4.78 is 15.1. The molecule has 1 aliphatic rings. The Labute approximate surface area is 136 Å². The van der Waals surface area contributed by atoms with Crippen molar-refractivity contribution in [1.82, 2.24) is 0 Å². The normalized spacial score (nSPS) is 14.9. The van der Waals surface area contributed by atoms with Crippen molar-refractivity contribution in [2.45, 2.75) is 38.5 Å². The van der Waals surface area contributed by atoms with Crippen molar-refractivity contribution >= 4 is 38.9 Å². The van der Waals surface area contributed by atoms with Crippen LogP contribution >= 0.6 is 38.9 Å². The first-order valence-corrected chi connectivity index (χ1v) is 8.87. The van der Waals surface area contributed by atoms with Gasteiger partial charge in [0, 0.05) is 31.2 Å². The molecule has 1 aromatic heterocycles. The second-order valence-corrected chi connectivity index (χ2v) is 7.57. The third-order valence-corrected chi connectivity index (χ3v) is 6.69. The molecule has 0 saturated carbocycles. The third-order valence-electron chi connectivity index (χ3n) is 3.82. The SMILES string of the molecule is Fc1cccc(Cl)c1Cc1sc2c(c1Br)CCCCC2. The lowest BCUT2D eigenvalue weighted by atomic mass is 10.1. The first-order chi connectivity index (χ1) is 9.66. The summed E-state index contributed by atoms with van der Waals surface area (Å²) in [6, 6.07) is 4.89. The highest BCUT2D eigenvalue weighted by atomic mass is 79.9. The Morgan fingerprint density at radius 3 is 2.80 bits per heavy atom. The van der Waals surface area contributed by atoms with Crippen LogP contribution in [0.15, 0.2) is 22.7 Å². The molecule has 0 spiro atoms. The Morgan fingerprint density at radius 2 is 2.00 bits per heavy atom. The maximum absolute atomic E-state index is 13.9. The lowest BCUT2D eigenvalue weighted by Gasteiger charge is -2.05. The van der Waals surface area contributed by atoms with Gasteiger partial charge in [-0.1, -0.05) is 24.1 Å². The zero-order chi connectivity index (χ0) is 14.1. The highest BCUT2D eigenvalue weighted by Crippen LogP contribution is 2.39. The molecule has 1 aromatic carbocycles. The Kier molecular flexibility index (Phi) is 4.49. The van der Waals surface area contributed by atoms with Crippen molar-refractivity contribution in [3.8, 4) is 0 Å². The van der Waals surface area contributed by atoms with Crippen LogP contribution in [-0.4, -0.2) is 0 Å². The van der Waals surface area contributed by atoms with E-state index in [9.17, 15) is 4.39 Å². The fourth-order valence-corrected chi connectivity index (χ4v) is 5.22. The van der Waals surface area contributed by atoms with Crippen LogP contribution in [0.2, 0.25) is 5.02 Å². The number of aryl methyl sites for hydroxylation is 1. The summed E-state index contributed by atoms with van der Waals surface area (Å²) in [4.78, 5) is 2.67. The molecule has 0 nitrogen and oxygen atoms in total. The zero-order valence-electron chi connectivity index (χ0n) is 11.0. The largest absolute Gasteiger partial charge is 0.207 e. The summed E-state index contributed by atoms with van der Waals surface area (Å²) in [5.74, 6) is -0.215.